The van der Waals surface area contributed by atoms with E-state index in [1.165, 1.54) is 0 Å². The highest BCUT2D eigenvalue weighted by Gasteiger charge is 2.71. The van der Waals surface area contributed by atoms with Crippen LogP contribution in [0.2, 0.25) is 0 Å². The van der Waals surface area contributed by atoms with Crippen LogP contribution in [-0.2, 0) is 48.0 Å². The summed E-state index contributed by atoms with van der Waals surface area (Å²) in [6.07, 6.45) is 4.96. The maximum absolute atomic E-state index is 10.7. The van der Waals surface area contributed by atoms with Crippen molar-refractivity contribution in [3.05, 3.63) is 0 Å². The van der Waals surface area contributed by atoms with Crippen molar-refractivity contribution in [2.75, 3.05) is 26.4 Å². The zero-order chi connectivity index (χ0) is 33.0. The molecule has 0 radical (unpaired) electrons. The van der Waals surface area contributed by atoms with Gasteiger partial charge in [-0.05, 0) is 76.0 Å². The first-order valence-corrected chi connectivity index (χ1v) is 18.3. The van der Waals surface area contributed by atoms with Gasteiger partial charge in [-0.25, -0.2) is 19.6 Å². The van der Waals surface area contributed by atoms with Gasteiger partial charge in [0, 0.05) is 36.5 Å². The largest absolute Gasteiger partial charge is 0.396 e. The average molecular weight is 669 g/mol. The molecule has 12 heteroatoms. The molecule has 47 heavy (non-hydrogen) atoms. The van der Waals surface area contributed by atoms with Crippen LogP contribution < -0.4 is 0 Å². The molecule has 0 aromatic rings. The number of hydrogen-bond donors (Lipinski definition) is 2. The molecule has 268 valence electrons. The average Bonchev–Trinajstić information content (AvgIpc) is 3.43. The second kappa shape index (κ2) is 11.8. The van der Waals surface area contributed by atoms with E-state index in [9.17, 15) is 10.2 Å². The summed E-state index contributed by atoms with van der Waals surface area (Å²) in [4.78, 5) is 24.4. The predicted molar refractivity (Wildman–Crippen MR) is 162 cm³/mol. The molecule has 2 saturated carbocycles. The van der Waals surface area contributed by atoms with Gasteiger partial charge in [-0.15, -0.1) is 0 Å². The van der Waals surface area contributed by atoms with Gasteiger partial charge in [-0.2, -0.15) is 0 Å². The Morgan fingerprint density at radius 3 is 1.43 bits per heavy atom. The van der Waals surface area contributed by atoms with Crippen LogP contribution >= 0.6 is 0 Å². The molecule has 10 rings (SSSR count). The van der Waals surface area contributed by atoms with Crippen molar-refractivity contribution in [2.45, 2.75) is 141 Å². The second-order valence-electron chi connectivity index (χ2n) is 17.0. The summed E-state index contributed by atoms with van der Waals surface area (Å²) < 4.78 is 39.1. The fourth-order valence-electron chi connectivity index (χ4n) is 10.9. The van der Waals surface area contributed by atoms with Crippen LogP contribution in [0.15, 0.2) is 0 Å². The highest BCUT2D eigenvalue weighted by molar-refractivity contribution is 5.10. The molecular weight excluding hydrogens is 612 g/mol. The zero-order valence-electron chi connectivity index (χ0n) is 28.9. The highest BCUT2D eigenvalue weighted by atomic mass is 17.3. The molecule has 0 aromatic heterocycles. The first-order chi connectivity index (χ1) is 22.4. The molecule has 10 fully saturated rings. The van der Waals surface area contributed by atoms with Gasteiger partial charge in [-0.3, -0.25) is 0 Å². The van der Waals surface area contributed by atoms with E-state index in [1.54, 1.807) is 0 Å². The Bertz CT molecular complexity index is 1090. The van der Waals surface area contributed by atoms with Crippen molar-refractivity contribution in [1.82, 2.24) is 0 Å². The first-order valence-electron chi connectivity index (χ1n) is 18.3. The number of aliphatic hydroxyl groups excluding tert-OH is 2. The molecule has 4 bridgehead atoms. The lowest BCUT2D eigenvalue weighted by molar-refractivity contribution is -0.578. The van der Waals surface area contributed by atoms with E-state index in [0.29, 0.717) is 11.8 Å². The molecule has 2 N–H and O–H groups in total. The Kier molecular flexibility index (Phi) is 8.43. The number of fused-ring (bicyclic) bond motifs is 4. The molecule has 8 heterocycles. The van der Waals surface area contributed by atoms with Gasteiger partial charge in [0.15, 0.2) is 36.4 Å². The Morgan fingerprint density at radius 2 is 1.02 bits per heavy atom. The minimum Gasteiger partial charge on any atom is -0.396 e. The van der Waals surface area contributed by atoms with Gasteiger partial charge < -0.3 is 38.6 Å². The van der Waals surface area contributed by atoms with E-state index in [1.807, 2.05) is 13.8 Å². The third-order valence-corrected chi connectivity index (χ3v) is 14.0. The summed E-state index contributed by atoms with van der Waals surface area (Å²) in [7, 11) is 0. The smallest absolute Gasteiger partial charge is 0.201 e. The van der Waals surface area contributed by atoms with Crippen LogP contribution in [0.5, 0.6) is 0 Å². The van der Waals surface area contributed by atoms with Crippen molar-refractivity contribution in [2.24, 2.45) is 52.8 Å². The van der Waals surface area contributed by atoms with E-state index >= 15 is 0 Å². The second-order valence-corrected chi connectivity index (χ2v) is 17.0. The Labute approximate surface area is 278 Å². The molecule has 2 spiro atoms. The van der Waals surface area contributed by atoms with Crippen molar-refractivity contribution < 1.29 is 58.2 Å². The first kappa shape index (κ1) is 33.7. The van der Waals surface area contributed by atoms with Crippen molar-refractivity contribution in [1.29, 1.82) is 0 Å². The lowest BCUT2D eigenvalue weighted by atomic mass is 9.58. The van der Waals surface area contributed by atoms with Crippen molar-refractivity contribution >= 4 is 0 Å². The molecule has 12 nitrogen and oxygen atoms in total. The Hall–Kier alpha value is -0.480. The number of rotatable bonds is 8. The van der Waals surface area contributed by atoms with E-state index in [2.05, 4.69) is 27.7 Å². The highest BCUT2D eigenvalue weighted by Crippen LogP contribution is 2.62. The molecule has 16 atom stereocenters. The fraction of sp³-hybridized carbons (Fsp3) is 1.00. The van der Waals surface area contributed by atoms with Crippen LogP contribution in [0.3, 0.4) is 0 Å². The van der Waals surface area contributed by atoms with Gasteiger partial charge in [0.1, 0.15) is 0 Å². The molecule has 0 unspecified atom stereocenters. The molecule has 10 aliphatic rings. The monoisotopic (exact) mass is 668 g/mol. The lowest BCUT2D eigenvalue weighted by Gasteiger charge is -2.60. The molecule has 8 saturated heterocycles. The Balaban J connectivity index is 0.970. The topological polar surface area (TPSA) is 133 Å². The predicted octanol–water partition coefficient (Wildman–Crippen LogP) is 4.41. The number of hydrogen-bond acceptors (Lipinski definition) is 12. The van der Waals surface area contributed by atoms with Gasteiger partial charge in [0.05, 0.1) is 31.8 Å². The van der Waals surface area contributed by atoms with E-state index < -0.39 is 53.4 Å². The third kappa shape index (κ3) is 4.98. The summed E-state index contributed by atoms with van der Waals surface area (Å²) in [5.41, 5.74) is -2.46. The van der Waals surface area contributed by atoms with Gasteiger partial charge in [0.25, 0.3) is 0 Å². The van der Waals surface area contributed by atoms with E-state index in [4.69, 9.17) is 48.0 Å². The van der Waals surface area contributed by atoms with E-state index in [-0.39, 0.29) is 61.9 Å². The summed E-state index contributed by atoms with van der Waals surface area (Å²) in [5.74, 6) is -0.155. The van der Waals surface area contributed by atoms with Crippen molar-refractivity contribution in [3.63, 3.8) is 0 Å². The Morgan fingerprint density at radius 1 is 0.596 bits per heavy atom. The molecule has 8 aliphatic heterocycles. The minimum absolute atomic E-state index is 0.0267. The van der Waals surface area contributed by atoms with Crippen LogP contribution in [-0.4, -0.2) is 84.6 Å². The van der Waals surface area contributed by atoms with Gasteiger partial charge >= 0.3 is 0 Å². The summed E-state index contributed by atoms with van der Waals surface area (Å²) in [5, 5.41) is 21.3. The number of aliphatic hydroxyl groups is 2. The lowest BCUT2D eigenvalue weighted by Crippen LogP contribution is -2.70. The molecule has 0 amide bonds. The van der Waals surface area contributed by atoms with Gasteiger partial charge in [-0.1, -0.05) is 27.7 Å². The van der Waals surface area contributed by atoms with Crippen molar-refractivity contribution in [3.8, 4) is 0 Å². The maximum Gasteiger partial charge on any atom is 0.201 e. The van der Waals surface area contributed by atoms with E-state index in [0.717, 1.165) is 51.4 Å². The van der Waals surface area contributed by atoms with Gasteiger partial charge in [0.2, 0.25) is 11.6 Å². The van der Waals surface area contributed by atoms with Crippen LogP contribution in [0, 0.1) is 52.8 Å². The summed E-state index contributed by atoms with van der Waals surface area (Å²) in [6.45, 7) is 12.0. The fourth-order valence-corrected chi connectivity index (χ4v) is 10.9. The third-order valence-electron chi connectivity index (χ3n) is 14.0. The molecule has 0 aromatic carbocycles. The normalized spacial score (nSPS) is 55.1. The molecular formula is C35H56O12. The number of ether oxygens (including phenoxy) is 6. The SMILES string of the molecule is C[C@H]1[C@@H](OCC(CO)(CO)CO[C@H]2O[C@@H]3O[C@]4(C)CC[C@H]5[C@H](C)CC[C@@H]([C@H]2C)[C@@]35OO4)O[C@@H]2O[C@]3(C)CC[C@H]4[C@H](C)CC[C@@H]1[C@@]24OO3. The van der Waals surface area contributed by atoms with Crippen LogP contribution in [0.1, 0.15) is 92.9 Å². The van der Waals surface area contributed by atoms with Crippen LogP contribution in [0.4, 0.5) is 0 Å². The van der Waals surface area contributed by atoms with Crippen LogP contribution in [0.25, 0.3) is 0 Å². The maximum atomic E-state index is 10.7. The zero-order valence-corrected chi connectivity index (χ0v) is 28.9. The summed E-state index contributed by atoms with van der Waals surface area (Å²) >= 11 is 0. The quantitative estimate of drug-likeness (QED) is 0.355. The molecule has 2 aliphatic carbocycles. The standard InChI is InChI=1S/C35H56O12/c1-19-7-9-25-21(3)27(40-29-34(25)23(19)11-13-31(5,42-29)44-46-34)38-17-33(15-36,16-37)18-39-28-22(4)26-10-8-20(2)24-12-14-32(6)43-30(41-28)35(24,26)47-45-32/h19-30,36-37H,7-18H2,1-6H3/t19-,20-,21-,22-,23+,24+,25+,26+,27+,28+,29-,30-,31+,32+,34-,35-/m1/s1. The summed E-state index contributed by atoms with van der Waals surface area (Å²) in [6, 6.07) is 0. The minimum atomic E-state index is -1.09.